The summed E-state index contributed by atoms with van der Waals surface area (Å²) in [4.78, 5) is 13.2. The summed E-state index contributed by atoms with van der Waals surface area (Å²) in [6.07, 6.45) is -0.404. The lowest BCUT2D eigenvalue weighted by Gasteiger charge is -2.15. The van der Waals surface area contributed by atoms with Crippen LogP contribution < -0.4 is 5.32 Å². The van der Waals surface area contributed by atoms with Gasteiger partial charge < -0.3 is 10.1 Å². The van der Waals surface area contributed by atoms with Crippen LogP contribution in [-0.2, 0) is 11.3 Å². The van der Waals surface area contributed by atoms with Crippen LogP contribution in [0.4, 0.5) is 4.79 Å². The van der Waals surface area contributed by atoms with Crippen LogP contribution in [-0.4, -0.2) is 12.7 Å². The molecule has 1 aliphatic carbocycles. The Morgan fingerprint density at radius 3 is 2.29 bits per heavy atom. The topological polar surface area (TPSA) is 38.3 Å². The van der Waals surface area contributed by atoms with Crippen molar-refractivity contribution >= 4 is 41.3 Å². The van der Waals surface area contributed by atoms with Crippen molar-refractivity contribution in [2.75, 3.05) is 6.61 Å². The van der Waals surface area contributed by atoms with Gasteiger partial charge in [-0.1, -0.05) is 48.5 Å². The Labute approximate surface area is 184 Å². The first kappa shape index (κ1) is 19.3. The second-order valence-electron chi connectivity index (χ2n) is 6.90. The molecule has 0 spiro atoms. The van der Waals surface area contributed by atoms with Crippen molar-refractivity contribution < 1.29 is 9.53 Å². The highest BCUT2D eigenvalue weighted by Crippen LogP contribution is 2.44. The van der Waals surface area contributed by atoms with Gasteiger partial charge in [0.15, 0.2) is 0 Å². The monoisotopic (exact) mass is 501 g/mol. The summed E-state index contributed by atoms with van der Waals surface area (Å²) in [5.41, 5.74) is 7.03. The number of rotatable bonds is 4. The summed E-state index contributed by atoms with van der Waals surface area (Å²) in [7, 11) is 0. The second-order valence-corrected chi connectivity index (χ2v) is 8.54. The number of hydrogen-bond acceptors (Lipinski definition) is 3. The molecule has 0 unspecified atom stereocenters. The molecule has 3 aromatic carbocycles. The Morgan fingerprint density at radius 1 is 1.07 bits per heavy atom. The van der Waals surface area contributed by atoms with E-state index < -0.39 is 6.09 Å². The van der Waals surface area contributed by atoms with Gasteiger partial charge >= 0.3 is 6.09 Å². The molecule has 5 heteroatoms. The maximum atomic E-state index is 12.3. The van der Waals surface area contributed by atoms with Crippen molar-refractivity contribution in [2.45, 2.75) is 24.3 Å². The average molecular weight is 501 g/mol. The highest BCUT2D eigenvalue weighted by molar-refractivity contribution is 14.1. The van der Waals surface area contributed by atoms with E-state index in [2.05, 4.69) is 70.9 Å². The normalized spacial score (nSPS) is 12.4. The number of fused-ring (bicyclic) bond motifs is 3. The molecule has 1 amide bonds. The summed E-state index contributed by atoms with van der Waals surface area (Å²) in [5, 5.41) is 2.85. The fourth-order valence-corrected chi connectivity index (χ4v) is 4.83. The Bertz CT molecular complexity index is 982. The van der Waals surface area contributed by atoms with Crippen molar-refractivity contribution in [2.24, 2.45) is 0 Å². The molecule has 0 heterocycles. The molecular formula is C23H20INO2S. The molecule has 0 saturated heterocycles. The van der Waals surface area contributed by atoms with E-state index in [-0.39, 0.29) is 5.92 Å². The lowest BCUT2D eigenvalue weighted by molar-refractivity contribution is 0.142. The Kier molecular flexibility index (Phi) is 5.64. The van der Waals surface area contributed by atoms with Gasteiger partial charge in [0, 0.05) is 20.9 Å². The maximum Gasteiger partial charge on any atom is 0.407 e. The molecule has 0 aliphatic heterocycles. The summed E-state index contributed by atoms with van der Waals surface area (Å²) >= 11 is 6.77. The van der Waals surface area contributed by atoms with Gasteiger partial charge in [0.05, 0.1) is 0 Å². The number of alkyl carbamates (subject to hydrolysis) is 1. The van der Waals surface area contributed by atoms with Crippen LogP contribution in [0.3, 0.4) is 0 Å². The SMILES string of the molecule is Cc1c(S)cc(CNC(=O)OCC2c3ccccc3-c3ccccc32)cc1I. The van der Waals surface area contributed by atoms with E-state index in [1.807, 2.05) is 37.3 Å². The fraction of sp³-hybridized carbons (Fsp3) is 0.174. The zero-order chi connectivity index (χ0) is 19.7. The van der Waals surface area contributed by atoms with Crippen LogP contribution in [0.2, 0.25) is 0 Å². The van der Waals surface area contributed by atoms with E-state index in [4.69, 9.17) is 4.74 Å². The summed E-state index contributed by atoms with van der Waals surface area (Å²) in [6, 6.07) is 20.7. The smallest absolute Gasteiger partial charge is 0.407 e. The number of thiol groups is 1. The molecule has 28 heavy (non-hydrogen) atoms. The minimum absolute atomic E-state index is 0.0718. The van der Waals surface area contributed by atoms with Gasteiger partial charge in [-0.2, -0.15) is 0 Å². The molecule has 0 fully saturated rings. The number of halogens is 1. The van der Waals surface area contributed by atoms with E-state index in [0.29, 0.717) is 13.2 Å². The molecule has 4 rings (SSSR count). The first-order valence-electron chi connectivity index (χ1n) is 9.11. The van der Waals surface area contributed by atoms with E-state index in [0.717, 1.165) is 19.6 Å². The second kappa shape index (κ2) is 8.17. The number of benzene rings is 3. The number of ether oxygens (including phenoxy) is 1. The van der Waals surface area contributed by atoms with Crippen LogP contribution in [0.15, 0.2) is 65.6 Å². The van der Waals surface area contributed by atoms with Crippen LogP contribution in [0.25, 0.3) is 11.1 Å². The number of carbonyl (C=O) groups is 1. The lowest BCUT2D eigenvalue weighted by atomic mass is 9.98. The molecule has 0 radical (unpaired) electrons. The molecule has 0 aromatic heterocycles. The highest BCUT2D eigenvalue weighted by atomic mass is 127. The highest BCUT2D eigenvalue weighted by Gasteiger charge is 2.28. The fourth-order valence-electron chi connectivity index (χ4n) is 3.64. The molecular weight excluding hydrogens is 481 g/mol. The largest absolute Gasteiger partial charge is 0.449 e. The third-order valence-electron chi connectivity index (χ3n) is 5.16. The quantitative estimate of drug-likeness (QED) is 0.344. The number of carbonyl (C=O) groups excluding carboxylic acids is 1. The Hall–Kier alpha value is -1.99. The van der Waals surface area contributed by atoms with Crippen molar-refractivity contribution in [3.63, 3.8) is 0 Å². The Balaban J connectivity index is 1.42. The van der Waals surface area contributed by atoms with Crippen LogP contribution >= 0.6 is 35.2 Å². The molecule has 1 N–H and O–H groups in total. The molecule has 0 atom stereocenters. The lowest BCUT2D eigenvalue weighted by Crippen LogP contribution is -2.25. The van der Waals surface area contributed by atoms with Gasteiger partial charge in [-0.05, 0) is 75.0 Å². The van der Waals surface area contributed by atoms with Crippen LogP contribution in [0.1, 0.15) is 28.2 Å². The first-order chi connectivity index (χ1) is 13.5. The number of hydrogen-bond donors (Lipinski definition) is 2. The summed E-state index contributed by atoms with van der Waals surface area (Å²) in [5.74, 6) is 0.0718. The van der Waals surface area contributed by atoms with Gasteiger partial charge in [0.1, 0.15) is 6.61 Å². The van der Waals surface area contributed by atoms with E-state index in [1.54, 1.807) is 0 Å². The first-order valence-corrected chi connectivity index (χ1v) is 10.6. The summed E-state index contributed by atoms with van der Waals surface area (Å²) in [6.45, 7) is 2.77. The molecule has 3 nitrogen and oxygen atoms in total. The van der Waals surface area contributed by atoms with Gasteiger partial charge in [0.2, 0.25) is 0 Å². The molecule has 142 valence electrons. The minimum Gasteiger partial charge on any atom is -0.449 e. The van der Waals surface area contributed by atoms with Gasteiger partial charge in [-0.15, -0.1) is 12.6 Å². The van der Waals surface area contributed by atoms with Crippen molar-refractivity contribution in [1.82, 2.24) is 5.32 Å². The zero-order valence-electron chi connectivity index (χ0n) is 15.4. The van der Waals surface area contributed by atoms with Crippen molar-refractivity contribution in [3.05, 3.63) is 86.5 Å². The molecule has 3 aromatic rings. The molecule has 1 aliphatic rings. The number of amides is 1. The molecule has 0 bridgehead atoms. The van der Waals surface area contributed by atoms with Gasteiger partial charge in [-0.25, -0.2) is 4.79 Å². The van der Waals surface area contributed by atoms with Gasteiger partial charge in [0.25, 0.3) is 0 Å². The van der Waals surface area contributed by atoms with Crippen LogP contribution in [0.5, 0.6) is 0 Å². The predicted molar refractivity (Wildman–Crippen MR) is 123 cm³/mol. The maximum absolute atomic E-state index is 12.3. The predicted octanol–water partition coefficient (Wildman–Crippen LogP) is 5.93. The molecule has 0 saturated carbocycles. The third kappa shape index (κ3) is 3.78. The van der Waals surface area contributed by atoms with E-state index in [9.17, 15) is 4.79 Å². The van der Waals surface area contributed by atoms with E-state index >= 15 is 0 Å². The average Bonchev–Trinajstić information content (AvgIpc) is 3.02. The number of nitrogens with one attached hydrogen (secondary N) is 1. The standard InChI is InChI=1S/C23H20INO2S/c1-14-21(24)10-15(11-22(14)28)12-25-23(26)27-13-20-18-8-4-2-6-16(18)17-7-3-5-9-19(17)20/h2-11,20,28H,12-13H2,1H3,(H,25,26). The minimum atomic E-state index is -0.404. The van der Waals surface area contributed by atoms with Gasteiger partial charge in [-0.3, -0.25) is 0 Å². The zero-order valence-corrected chi connectivity index (χ0v) is 18.5. The third-order valence-corrected chi connectivity index (χ3v) is 6.74. The van der Waals surface area contributed by atoms with E-state index in [1.165, 1.54) is 22.3 Å². The van der Waals surface area contributed by atoms with Crippen molar-refractivity contribution in [3.8, 4) is 11.1 Å². The summed E-state index contributed by atoms with van der Waals surface area (Å²) < 4.78 is 6.71. The van der Waals surface area contributed by atoms with Crippen LogP contribution in [0, 0.1) is 10.5 Å². The van der Waals surface area contributed by atoms with Crippen molar-refractivity contribution in [1.29, 1.82) is 0 Å². The Morgan fingerprint density at radius 2 is 1.68 bits per heavy atom.